The van der Waals surface area contributed by atoms with Crippen molar-refractivity contribution in [1.29, 1.82) is 0 Å². The van der Waals surface area contributed by atoms with E-state index in [0.717, 1.165) is 13.1 Å². The minimum Gasteiger partial charge on any atom is -0.370 e. The molecule has 2 rings (SSSR count). The van der Waals surface area contributed by atoms with E-state index in [1.807, 2.05) is 0 Å². The Morgan fingerprint density at radius 2 is 2.13 bits per heavy atom. The highest BCUT2D eigenvalue weighted by molar-refractivity contribution is 5.58. The van der Waals surface area contributed by atoms with E-state index < -0.39 is 0 Å². The van der Waals surface area contributed by atoms with Crippen LogP contribution in [0.1, 0.15) is 11.1 Å². The molecule has 0 spiro atoms. The van der Waals surface area contributed by atoms with E-state index in [2.05, 4.69) is 49.0 Å². The number of aryl methyl sites for hydroxylation is 1. The molecular weight excluding hydrogens is 184 g/mol. The van der Waals surface area contributed by atoms with E-state index >= 15 is 0 Å². The lowest BCUT2D eigenvalue weighted by Gasteiger charge is -2.21. The Morgan fingerprint density at radius 3 is 2.87 bits per heavy atom. The molecule has 1 heterocycles. The number of likely N-dealkylation sites (N-methyl/N-ethyl adjacent to an activating group) is 1. The summed E-state index contributed by atoms with van der Waals surface area (Å²) in [7, 11) is 4.26. The number of rotatable bonds is 3. The van der Waals surface area contributed by atoms with Gasteiger partial charge in [-0.3, -0.25) is 0 Å². The second kappa shape index (κ2) is 4.23. The van der Waals surface area contributed by atoms with E-state index in [1.165, 1.54) is 29.8 Å². The van der Waals surface area contributed by atoms with Gasteiger partial charge in [0.05, 0.1) is 0 Å². The summed E-state index contributed by atoms with van der Waals surface area (Å²) in [6.07, 6.45) is 1.21. The van der Waals surface area contributed by atoms with Gasteiger partial charge in [-0.05, 0) is 39.1 Å². The maximum Gasteiger partial charge on any atom is 0.0400 e. The van der Waals surface area contributed by atoms with Crippen molar-refractivity contribution in [1.82, 2.24) is 4.90 Å². The molecule has 1 aromatic carbocycles. The van der Waals surface area contributed by atoms with Gasteiger partial charge >= 0.3 is 0 Å². The van der Waals surface area contributed by atoms with Crippen molar-refractivity contribution in [3.63, 3.8) is 0 Å². The van der Waals surface area contributed by atoms with Crippen LogP contribution in [0.3, 0.4) is 0 Å². The van der Waals surface area contributed by atoms with Gasteiger partial charge in [-0.1, -0.05) is 17.7 Å². The molecule has 15 heavy (non-hydrogen) atoms. The zero-order valence-corrected chi connectivity index (χ0v) is 9.95. The van der Waals surface area contributed by atoms with Gasteiger partial charge in [0.2, 0.25) is 0 Å². The van der Waals surface area contributed by atoms with Crippen molar-refractivity contribution < 1.29 is 0 Å². The van der Waals surface area contributed by atoms with Crippen LogP contribution in [-0.2, 0) is 6.42 Å². The summed E-state index contributed by atoms with van der Waals surface area (Å²) in [5.74, 6) is 0. The molecule has 0 unspecified atom stereocenters. The first-order chi connectivity index (χ1) is 7.16. The summed E-state index contributed by atoms with van der Waals surface area (Å²) in [6, 6.07) is 6.81. The first-order valence-corrected chi connectivity index (χ1v) is 5.66. The highest BCUT2D eigenvalue weighted by Crippen LogP contribution is 2.28. The number of benzene rings is 1. The number of fused-ring (bicyclic) bond motifs is 1. The van der Waals surface area contributed by atoms with Gasteiger partial charge < -0.3 is 9.80 Å². The van der Waals surface area contributed by atoms with Crippen LogP contribution in [0.5, 0.6) is 0 Å². The Morgan fingerprint density at radius 1 is 1.33 bits per heavy atom. The van der Waals surface area contributed by atoms with Crippen LogP contribution < -0.4 is 4.90 Å². The molecule has 1 aromatic rings. The molecule has 0 saturated heterocycles. The number of hydrogen-bond donors (Lipinski definition) is 0. The maximum absolute atomic E-state index is 2.49. The molecule has 0 amide bonds. The third-order valence-electron chi connectivity index (χ3n) is 3.04. The van der Waals surface area contributed by atoms with Gasteiger partial charge in [0.25, 0.3) is 0 Å². The van der Waals surface area contributed by atoms with E-state index in [0.29, 0.717) is 0 Å². The monoisotopic (exact) mass is 204 g/mol. The first-order valence-electron chi connectivity index (χ1n) is 5.66. The fraction of sp³-hybridized carbons (Fsp3) is 0.538. The molecule has 2 nitrogen and oxygen atoms in total. The average molecular weight is 204 g/mol. The Kier molecular flexibility index (Phi) is 2.96. The Hall–Kier alpha value is -1.02. The van der Waals surface area contributed by atoms with Gasteiger partial charge in [-0.2, -0.15) is 0 Å². The van der Waals surface area contributed by atoms with Gasteiger partial charge in [-0.25, -0.2) is 0 Å². The molecular formula is C13H20N2. The zero-order valence-electron chi connectivity index (χ0n) is 9.95. The minimum absolute atomic E-state index is 1.13. The zero-order chi connectivity index (χ0) is 10.8. The second-order valence-corrected chi connectivity index (χ2v) is 4.67. The minimum atomic E-state index is 1.13. The maximum atomic E-state index is 2.49. The highest BCUT2D eigenvalue weighted by atomic mass is 15.2. The molecule has 0 fully saturated rings. The predicted octanol–water partition coefficient (Wildman–Crippen LogP) is 1.92. The van der Waals surface area contributed by atoms with Crippen LogP contribution in [0.4, 0.5) is 5.69 Å². The SMILES string of the molecule is Cc1ccc2c(c1)CCN2CCN(C)C. The predicted molar refractivity (Wildman–Crippen MR) is 65.7 cm³/mol. The summed E-state index contributed by atoms with van der Waals surface area (Å²) < 4.78 is 0. The molecule has 0 aromatic heterocycles. The second-order valence-electron chi connectivity index (χ2n) is 4.67. The standard InChI is InChI=1S/C13H20N2/c1-11-4-5-13-12(10-11)6-7-15(13)9-8-14(2)3/h4-5,10H,6-9H2,1-3H3. The fourth-order valence-electron chi connectivity index (χ4n) is 2.15. The summed E-state index contributed by atoms with van der Waals surface area (Å²) >= 11 is 0. The van der Waals surface area contributed by atoms with Crippen LogP contribution in [-0.4, -0.2) is 38.6 Å². The van der Waals surface area contributed by atoms with Crippen molar-refractivity contribution in [3.8, 4) is 0 Å². The van der Waals surface area contributed by atoms with Crippen LogP contribution in [0.2, 0.25) is 0 Å². The van der Waals surface area contributed by atoms with Crippen molar-refractivity contribution in [2.24, 2.45) is 0 Å². The fourth-order valence-corrected chi connectivity index (χ4v) is 2.15. The van der Waals surface area contributed by atoms with Crippen molar-refractivity contribution >= 4 is 5.69 Å². The molecule has 0 bridgehead atoms. The highest BCUT2D eigenvalue weighted by Gasteiger charge is 2.18. The van der Waals surface area contributed by atoms with E-state index in [9.17, 15) is 0 Å². The summed E-state index contributed by atoms with van der Waals surface area (Å²) in [6.45, 7) is 5.63. The molecule has 0 radical (unpaired) electrons. The lowest BCUT2D eigenvalue weighted by atomic mass is 10.1. The van der Waals surface area contributed by atoms with E-state index in [-0.39, 0.29) is 0 Å². The molecule has 0 atom stereocenters. The van der Waals surface area contributed by atoms with Crippen LogP contribution >= 0.6 is 0 Å². The Labute approximate surface area is 92.5 Å². The molecule has 0 aliphatic carbocycles. The first kappa shape index (κ1) is 10.5. The summed E-state index contributed by atoms with van der Waals surface area (Å²) in [4.78, 5) is 4.74. The molecule has 2 heteroatoms. The van der Waals surface area contributed by atoms with Crippen LogP contribution in [0.15, 0.2) is 18.2 Å². The van der Waals surface area contributed by atoms with E-state index in [4.69, 9.17) is 0 Å². The van der Waals surface area contributed by atoms with Gasteiger partial charge in [0, 0.05) is 25.3 Å². The third kappa shape index (κ3) is 2.32. The normalized spacial score (nSPS) is 14.8. The number of anilines is 1. The Balaban J connectivity index is 2.08. The number of hydrogen-bond acceptors (Lipinski definition) is 2. The van der Waals surface area contributed by atoms with Crippen molar-refractivity contribution in [2.75, 3.05) is 38.6 Å². The lowest BCUT2D eigenvalue weighted by Crippen LogP contribution is -2.30. The quantitative estimate of drug-likeness (QED) is 0.742. The van der Waals surface area contributed by atoms with Gasteiger partial charge in [-0.15, -0.1) is 0 Å². The van der Waals surface area contributed by atoms with Crippen LogP contribution in [0, 0.1) is 6.92 Å². The van der Waals surface area contributed by atoms with E-state index in [1.54, 1.807) is 0 Å². The molecule has 0 N–H and O–H groups in total. The molecule has 1 aliphatic heterocycles. The van der Waals surface area contributed by atoms with Crippen molar-refractivity contribution in [2.45, 2.75) is 13.3 Å². The third-order valence-corrected chi connectivity index (χ3v) is 3.04. The Bertz CT molecular complexity index is 344. The summed E-state index contributed by atoms with van der Waals surface area (Å²) in [5.41, 5.74) is 4.35. The van der Waals surface area contributed by atoms with Crippen molar-refractivity contribution in [3.05, 3.63) is 29.3 Å². The summed E-state index contributed by atoms with van der Waals surface area (Å²) in [5, 5.41) is 0. The van der Waals surface area contributed by atoms with Gasteiger partial charge in [0.15, 0.2) is 0 Å². The van der Waals surface area contributed by atoms with Crippen LogP contribution in [0.25, 0.3) is 0 Å². The largest absolute Gasteiger partial charge is 0.370 e. The number of nitrogens with zero attached hydrogens (tertiary/aromatic N) is 2. The smallest absolute Gasteiger partial charge is 0.0400 e. The lowest BCUT2D eigenvalue weighted by molar-refractivity contribution is 0.414. The average Bonchev–Trinajstić information content (AvgIpc) is 2.57. The van der Waals surface area contributed by atoms with Gasteiger partial charge in [0.1, 0.15) is 0 Å². The molecule has 82 valence electrons. The molecule has 1 aliphatic rings. The topological polar surface area (TPSA) is 6.48 Å². The molecule has 0 saturated carbocycles.